The van der Waals surface area contributed by atoms with Crippen molar-refractivity contribution in [3.63, 3.8) is 0 Å². The third-order valence-corrected chi connectivity index (χ3v) is 5.84. The number of hydrogen-bond donors (Lipinski definition) is 2. The summed E-state index contributed by atoms with van der Waals surface area (Å²) in [5.74, 6) is 0.941. The van der Waals surface area contributed by atoms with Crippen LogP contribution in [-0.4, -0.2) is 66.6 Å². The highest BCUT2D eigenvalue weighted by Crippen LogP contribution is 2.32. The van der Waals surface area contributed by atoms with Crippen LogP contribution in [0, 0.1) is 5.82 Å². The molecule has 172 valence electrons. The first kappa shape index (κ1) is 21.2. The molecule has 2 amide bonds. The number of halogens is 1. The molecule has 33 heavy (non-hydrogen) atoms. The average molecular weight is 453 g/mol. The van der Waals surface area contributed by atoms with Crippen molar-refractivity contribution in [2.45, 2.75) is 19.0 Å². The fraction of sp³-hybridized carbons (Fsp3) is 0.348. The van der Waals surface area contributed by atoms with Gasteiger partial charge in [0.15, 0.2) is 11.5 Å². The van der Waals surface area contributed by atoms with Gasteiger partial charge in [-0.05, 0) is 42.0 Å². The molecule has 5 rings (SSSR count). The third-order valence-electron chi connectivity index (χ3n) is 5.84. The number of fused-ring (bicyclic) bond motifs is 1. The van der Waals surface area contributed by atoms with Gasteiger partial charge < -0.3 is 19.7 Å². The van der Waals surface area contributed by atoms with Crippen molar-refractivity contribution < 1.29 is 23.5 Å². The standard InChI is InChI=1S/C23H24FN5O4/c24-16-2-4-17(5-3-16)25-22(31)18-12-21(30)27-23(26-18)29-9-7-28(8-10-29)13-15-1-6-19-20(11-15)33-14-32-19/h1-6,11,18H,7-10,12-14H2,(H,25,31)(H,26,27,30). The van der Waals surface area contributed by atoms with Crippen LogP contribution in [-0.2, 0) is 16.1 Å². The van der Waals surface area contributed by atoms with E-state index in [2.05, 4.69) is 20.5 Å². The molecule has 3 aliphatic heterocycles. The van der Waals surface area contributed by atoms with E-state index in [1.807, 2.05) is 23.1 Å². The fourth-order valence-electron chi connectivity index (χ4n) is 4.06. The van der Waals surface area contributed by atoms with Gasteiger partial charge in [-0.2, -0.15) is 0 Å². The Morgan fingerprint density at radius 2 is 1.85 bits per heavy atom. The fourth-order valence-corrected chi connectivity index (χ4v) is 4.06. The lowest BCUT2D eigenvalue weighted by atomic mass is 10.1. The van der Waals surface area contributed by atoms with Crippen molar-refractivity contribution in [3.8, 4) is 11.5 Å². The lowest BCUT2D eigenvalue weighted by molar-refractivity contribution is -0.125. The molecule has 1 saturated heterocycles. The number of piperazine rings is 1. The van der Waals surface area contributed by atoms with Gasteiger partial charge in [-0.25, -0.2) is 9.38 Å². The normalized spacial score (nSPS) is 20.3. The van der Waals surface area contributed by atoms with Crippen LogP contribution in [0.1, 0.15) is 12.0 Å². The molecule has 0 radical (unpaired) electrons. The molecule has 2 aromatic carbocycles. The minimum atomic E-state index is -0.828. The SMILES string of the molecule is O=C1CC(C(=O)Nc2ccc(F)cc2)N=C(N2CCN(Cc3ccc4c(c3)OCO4)CC2)N1. The number of carbonyl (C=O) groups is 2. The van der Waals surface area contributed by atoms with Crippen molar-refractivity contribution in [3.05, 3.63) is 53.8 Å². The van der Waals surface area contributed by atoms with E-state index in [0.717, 1.165) is 36.7 Å². The molecular weight excluding hydrogens is 429 g/mol. The van der Waals surface area contributed by atoms with Gasteiger partial charge in [0, 0.05) is 38.4 Å². The van der Waals surface area contributed by atoms with Crippen LogP contribution in [0.3, 0.4) is 0 Å². The zero-order chi connectivity index (χ0) is 22.8. The predicted octanol–water partition coefficient (Wildman–Crippen LogP) is 1.56. The van der Waals surface area contributed by atoms with E-state index >= 15 is 0 Å². The van der Waals surface area contributed by atoms with Crippen molar-refractivity contribution in [2.24, 2.45) is 4.99 Å². The Bertz CT molecular complexity index is 1080. The van der Waals surface area contributed by atoms with E-state index in [1.54, 1.807) is 0 Å². The Morgan fingerprint density at radius 3 is 2.64 bits per heavy atom. The maximum Gasteiger partial charge on any atom is 0.249 e. The minimum Gasteiger partial charge on any atom is -0.454 e. The lowest BCUT2D eigenvalue weighted by Crippen LogP contribution is -2.56. The van der Waals surface area contributed by atoms with Gasteiger partial charge in [0.2, 0.25) is 24.6 Å². The molecular formula is C23H24FN5O4. The van der Waals surface area contributed by atoms with Gasteiger partial charge in [0.1, 0.15) is 11.9 Å². The summed E-state index contributed by atoms with van der Waals surface area (Å²) in [4.78, 5) is 33.7. The maximum atomic E-state index is 13.1. The molecule has 1 fully saturated rings. The summed E-state index contributed by atoms with van der Waals surface area (Å²) >= 11 is 0. The van der Waals surface area contributed by atoms with Gasteiger partial charge in [-0.3, -0.25) is 19.8 Å². The van der Waals surface area contributed by atoms with Crippen molar-refractivity contribution in [2.75, 3.05) is 38.3 Å². The van der Waals surface area contributed by atoms with E-state index in [9.17, 15) is 14.0 Å². The molecule has 3 aliphatic rings. The zero-order valence-electron chi connectivity index (χ0n) is 17.9. The Morgan fingerprint density at radius 1 is 1.09 bits per heavy atom. The highest BCUT2D eigenvalue weighted by Gasteiger charge is 2.30. The summed E-state index contributed by atoms with van der Waals surface area (Å²) in [7, 11) is 0. The molecule has 0 aromatic heterocycles. The number of hydrogen-bond acceptors (Lipinski definition) is 7. The molecule has 2 N–H and O–H groups in total. The number of rotatable bonds is 4. The maximum absolute atomic E-state index is 13.1. The van der Waals surface area contributed by atoms with Gasteiger partial charge in [0.05, 0.1) is 6.42 Å². The summed E-state index contributed by atoms with van der Waals surface area (Å²) in [6.07, 6.45) is -0.0272. The number of anilines is 1. The smallest absolute Gasteiger partial charge is 0.249 e. The number of nitrogens with one attached hydrogen (secondary N) is 2. The second-order valence-electron chi connectivity index (χ2n) is 8.17. The summed E-state index contributed by atoms with van der Waals surface area (Å²) < 4.78 is 23.9. The van der Waals surface area contributed by atoms with E-state index in [0.29, 0.717) is 24.7 Å². The highest BCUT2D eigenvalue weighted by atomic mass is 19.1. The molecule has 3 heterocycles. The van der Waals surface area contributed by atoms with E-state index < -0.39 is 11.9 Å². The van der Waals surface area contributed by atoms with E-state index in [-0.39, 0.29) is 24.9 Å². The molecule has 1 atom stereocenters. The van der Waals surface area contributed by atoms with Crippen molar-refractivity contribution >= 4 is 23.5 Å². The van der Waals surface area contributed by atoms with E-state index in [4.69, 9.17) is 9.47 Å². The predicted molar refractivity (Wildman–Crippen MR) is 118 cm³/mol. The van der Waals surface area contributed by atoms with Crippen molar-refractivity contribution in [1.29, 1.82) is 0 Å². The van der Waals surface area contributed by atoms with E-state index in [1.165, 1.54) is 24.3 Å². The van der Waals surface area contributed by atoms with Gasteiger partial charge in [0.25, 0.3) is 0 Å². The van der Waals surface area contributed by atoms with Crippen LogP contribution >= 0.6 is 0 Å². The second kappa shape index (κ2) is 9.07. The number of guanidine groups is 1. The molecule has 0 aliphatic carbocycles. The first-order valence-electron chi connectivity index (χ1n) is 10.8. The number of benzene rings is 2. The van der Waals surface area contributed by atoms with Gasteiger partial charge in [-0.15, -0.1) is 0 Å². The van der Waals surface area contributed by atoms with Gasteiger partial charge >= 0.3 is 0 Å². The largest absolute Gasteiger partial charge is 0.454 e. The van der Waals surface area contributed by atoms with Crippen molar-refractivity contribution in [1.82, 2.24) is 15.1 Å². The van der Waals surface area contributed by atoms with Crippen LogP contribution < -0.4 is 20.1 Å². The number of nitrogens with zero attached hydrogens (tertiary/aromatic N) is 3. The van der Waals surface area contributed by atoms with Crippen LogP contribution in [0.25, 0.3) is 0 Å². The molecule has 10 heteroatoms. The molecule has 9 nitrogen and oxygen atoms in total. The molecule has 1 unspecified atom stereocenters. The number of ether oxygens (including phenoxy) is 2. The van der Waals surface area contributed by atoms with Crippen LogP contribution in [0.5, 0.6) is 11.5 Å². The Kier molecular flexibility index (Phi) is 5.82. The van der Waals surface area contributed by atoms with Gasteiger partial charge in [-0.1, -0.05) is 6.07 Å². The molecule has 0 saturated carbocycles. The average Bonchev–Trinajstić information content (AvgIpc) is 3.28. The third kappa shape index (κ3) is 4.90. The Balaban J connectivity index is 1.18. The zero-order valence-corrected chi connectivity index (χ0v) is 17.9. The lowest BCUT2D eigenvalue weighted by Gasteiger charge is -2.37. The Hall–Kier alpha value is -3.66. The quantitative estimate of drug-likeness (QED) is 0.730. The monoisotopic (exact) mass is 453 g/mol. The number of amides is 2. The Labute approximate surface area is 190 Å². The summed E-state index contributed by atoms with van der Waals surface area (Å²) in [5.41, 5.74) is 1.61. The highest BCUT2D eigenvalue weighted by molar-refractivity contribution is 6.05. The van der Waals surface area contributed by atoms with Crippen LogP contribution in [0.15, 0.2) is 47.5 Å². The summed E-state index contributed by atoms with van der Waals surface area (Å²) in [6, 6.07) is 10.6. The molecule has 2 aromatic rings. The topological polar surface area (TPSA) is 95.5 Å². The number of carbonyl (C=O) groups excluding carboxylic acids is 2. The summed E-state index contributed by atoms with van der Waals surface area (Å²) in [5, 5.41) is 5.49. The molecule has 0 spiro atoms. The second-order valence-corrected chi connectivity index (χ2v) is 8.17. The number of aliphatic imine (C=N–C) groups is 1. The first-order valence-corrected chi connectivity index (χ1v) is 10.8. The minimum absolute atomic E-state index is 0.0272. The molecule has 0 bridgehead atoms. The summed E-state index contributed by atoms with van der Waals surface area (Å²) in [6.45, 7) is 3.97. The first-order chi connectivity index (χ1) is 16.0. The van der Waals surface area contributed by atoms with Crippen LogP contribution in [0.4, 0.5) is 10.1 Å². The van der Waals surface area contributed by atoms with Crippen LogP contribution in [0.2, 0.25) is 0 Å².